The second-order valence-corrected chi connectivity index (χ2v) is 7.71. The molecule has 0 atom stereocenters. The lowest BCUT2D eigenvalue weighted by Gasteiger charge is -2.14. The fourth-order valence-electron chi connectivity index (χ4n) is 3.78. The van der Waals surface area contributed by atoms with E-state index in [0.717, 1.165) is 11.4 Å². The standard InChI is InChI=1S/C22H17Cl2N5O/c1-12-17(11-26-28-25)19(16-9-8-14(23)10-18(16)24)20-21(27-12)13(2)29(22(20)30)15-6-4-3-5-7-15/h3-10,30H,11H2,1-2H3. The van der Waals surface area contributed by atoms with Crippen molar-refractivity contribution < 1.29 is 5.11 Å². The monoisotopic (exact) mass is 437 g/mol. The molecule has 0 amide bonds. The second-order valence-electron chi connectivity index (χ2n) is 6.87. The zero-order valence-corrected chi connectivity index (χ0v) is 17.8. The Hall–Kier alpha value is -3.18. The van der Waals surface area contributed by atoms with E-state index in [4.69, 9.17) is 33.7 Å². The Balaban J connectivity index is 2.17. The maximum Gasteiger partial charge on any atom is 0.206 e. The lowest BCUT2D eigenvalue weighted by atomic mass is 9.95. The third-order valence-electron chi connectivity index (χ3n) is 5.13. The van der Waals surface area contributed by atoms with Crippen LogP contribution in [0.3, 0.4) is 0 Å². The minimum atomic E-state index is 0.0457. The predicted molar refractivity (Wildman–Crippen MR) is 121 cm³/mol. The molecule has 150 valence electrons. The molecule has 0 bridgehead atoms. The van der Waals surface area contributed by atoms with Crippen LogP contribution in [0.15, 0.2) is 53.6 Å². The van der Waals surface area contributed by atoms with Gasteiger partial charge in [0.1, 0.15) is 0 Å². The summed E-state index contributed by atoms with van der Waals surface area (Å²) in [6.45, 7) is 3.84. The largest absolute Gasteiger partial charge is 0.494 e. The Kier molecular flexibility index (Phi) is 5.31. The van der Waals surface area contributed by atoms with Gasteiger partial charge in [-0.2, -0.15) is 0 Å². The van der Waals surface area contributed by atoms with E-state index in [2.05, 4.69) is 10.0 Å². The molecule has 0 radical (unpaired) electrons. The highest BCUT2D eigenvalue weighted by Crippen LogP contribution is 2.44. The molecule has 4 rings (SSSR count). The number of hydrogen-bond donors (Lipinski definition) is 1. The number of para-hydroxylation sites is 1. The summed E-state index contributed by atoms with van der Waals surface area (Å²) < 4.78 is 1.75. The molecule has 0 aliphatic heterocycles. The van der Waals surface area contributed by atoms with Gasteiger partial charge in [0.15, 0.2) is 0 Å². The summed E-state index contributed by atoms with van der Waals surface area (Å²) in [7, 11) is 0. The Morgan fingerprint density at radius 1 is 1.13 bits per heavy atom. The average molecular weight is 438 g/mol. The summed E-state index contributed by atoms with van der Waals surface area (Å²) in [5.41, 5.74) is 13.9. The highest BCUT2D eigenvalue weighted by Gasteiger charge is 2.25. The van der Waals surface area contributed by atoms with Crippen LogP contribution in [0.4, 0.5) is 0 Å². The number of rotatable bonds is 4. The van der Waals surface area contributed by atoms with Gasteiger partial charge in [-0.05, 0) is 49.2 Å². The second kappa shape index (κ2) is 7.92. The van der Waals surface area contributed by atoms with Gasteiger partial charge < -0.3 is 5.11 Å². The number of aromatic hydroxyl groups is 1. The van der Waals surface area contributed by atoms with Gasteiger partial charge in [-0.15, -0.1) is 0 Å². The van der Waals surface area contributed by atoms with Gasteiger partial charge in [0.05, 0.1) is 17.4 Å². The van der Waals surface area contributed by atoms with Crippen molar-refractivity contribution in [3.8, 4) is 22.7 Å². The van der Waals surface area contributed by atoms with Crippen molar-refractivity contribution in [1.82, 2.24) is 9.55 Å². The molecule has 2 heterocycles. The predicted octanol–water partition coefficient (Wildman–Crippen LogP) is 7.13. The van der Waals surface area contributed by atoms with Gasteiger partial charge in [0.25, 0.3) is 0 Å². The number of aromatic nitrogens is 2. The van der Waals surface area contributed by atoms with Crippen molar-refractivity contribution in [2.45, 2.75) is 20.4 Å². The van der Waals surface area contributed by atoms with E-state index in [9.17, 15) is 5.11 Å². The third-order valence-corrected chi connectivity index (χ3v) is 5.67. The minimum absolute atomic E-state index is 0.0457. The van der Waals surface area contributed by atoms with E-state index < -0.39 is 0 Å². The van der Waals surface area contributed by atoms with E-state index >= 15 is 0 Å². The number of benzene rings is 2. The molecular formula is C22H17Cl2N5O. The number of aryl methyl sites for hydroxylation is 2. The lowest BCUT2D eigenvalue weighted by Crippen LogP contribution is -1.98. The summed E-state index contributed by atoms with van der Waals surface area (Å²) in [5, 5.41) is 16.5. The molecule has 4 aromatic rings. The van der Waals surface area contributed by atoms with Crippen LogP contribution in [-0.4, -0.2) is 14.7 Å². The summed E-state index contributed by atoms with van der Waals surface area (Å²) in [4.78, 5) is 7.63. The van der Waals surface area contributed by atoms with Crippen molar-refractivity contribution in [2.75, 3.05) is 0 Å². The SMILES string of the molecule is Cc1nc2c(C)n(-c3ccccc3)c(O)c2c(-c2ccc(Cl)cc2Cl)c1CN=[N+]=[N-]. The summed E-state index contributed by atoms with van der Waals surface area (Å²) in [6, 6.07) is 14.7. The molecule has 2 aromatic carbocycles. The molecule has 8 heteroatoms. The molecule has 0 saturated heterocycles. The van der Waals surface area contributed by atoms with Crippen molar-refractivity contribution in [2.24, 2.45) is 5.11 Å². The first-order valence-corrected chi connectivity index (χ1v) is 9.94. The van der Waals surface area contributed by atoms with Gasteiger partial charge in [-0.3, -0.25) is 9.55 Å². The average Bonchev–Trinajstić information content (AvgIpc) is 2.97. The van der Waals surface area contributed by atoms with E-state index in [-0.39, 0.29) is 12.4 Å². The van der Waals surface area contributed by atoms with Crippen LogP contribution in [0.1, 0.15) is 17.0 Å². The van der Waals surface area contributed by atoms with Crippen LogP contribution in [0.25, 0.3) is 38.2 Å². The fraction of sp³-hybridized carbons (Fsp3) is 0.136. The van der Waals surface area contributed by atoms with Gasteiger partial charge >= 0.3 is 0 Å². The van der Waals surface area contributed by atoms with Crippen LogP contribution in [0.5, 0.6) is 5.88 Å². The fourth-order valence-corrected chi connectivity index (χ4v) is 4.28. The molecule has 0 saturated carbocycles. The highest BCUT2D eigenvalue weighted by molar-refractivity contribution is 6.36. The van der Waals surface area contributed by atoms with Gasteiger partial charge in [0, 0.05) is 43.2 Å². The van der Waals surface area contributed by atoms with Gasteiger partial charge in [-0.1, -0.05) is 52.6 Å². The Morgan fingerprint density at radius 2 is 1.87 bits per heavy atom. The Labute approximate surface area is 182 Å². The summed E-state index contributed by atoms with van der Waals surface area (Å²) in [6.07, 6.45) is 0. The van der Waals surface area contributed by atoms with Crippen molar-refractivity contribution in [3.05, 3.63) is 86.0 Å². The smallest absolute Gasteiger partial charge is 0.206 e. The zero-order chi connectivity index (χ0) is 21.4. The number of fused-ring (bicyclic) bond motifs is 1. The normalized spacial score (nSPS) is 10.9. The van der Waals surface area contributed by atoms with Crippen molar-refractivity contribution in [3.63, 3.8) is 0 Å². The van der Waals surface area contributed by atoms with Crippen molar-refractivity contribution in [1.29, 1.82) is 0 Å². The molecule has 6 nitrogen and oxygen atoms in total. The first-order valence-electron chi connectivity index (χ1n) is 9.19. The quantitative estimate of drug-likeness (QED) is 0.209. The number of halogens is 2. The lowest BCUT2D eigenvalue weighted by molar-refractivity contribution is 0.447. The summed E-state index contributed by atoms with van der Waals surface area (Å²) in [5.74, 6) is 0.0457. The van der Waals surface area contributed by atoms with Crippen molar-refractivity contribution >= 4 is 34.1 Å². The highest BCUT2D eigenvalue weighted by atomic mass is 35.5. The first kappa shape index (κ1) is 20.1. The van der Waals surface area contributed by atoms with E-state index in [1.807, 2.05) is 44.2 Å². The van der Waals surface area contributed by atoms with Crippen LogP contribution in [-0.2, 0) is 6.54 Å². The molecule has 0 spiro atoms. The minimum Gasteiger partial charge on any atom is -0.494 e. The number of hydrogen-bond acceptors (Lipinski definition) is 3. The first-order chi connectivity index (χ1) is 14.4. The van der Waals surface area contributed by atoms with Gasteiger partial charge in [-0.25, -0.2) is 0 Å². The number of azide groups is 1. The molecule has 0 fully saturated rings. The Bertz CT molecular complexity index is 1330. The Morgan fingerprint density at radius 3 is 2.53 bits per heavy atom. The maximum atomic E-state index is 11.3. The number of nitrogens with zero attached hydrogens (tertiary/aromatic N) is 5. The molecule has 2 aromatic heterocycles. The topological polar surface area (TPSA) is 86.8 Å². The molecule has 0 aliphatic carbocycles. The van der Waals surface area contributed by atoms with Crippen LogP contribution in [0, 0.1) is 13.8 Å². The molecule has 1 N–H and O–H groups in total. The van der Waals surface area contributed by atoms with Crippen LogP contribution < -0.4 is 0 Å². The van der Waals surface area contributed by atoms with E-state index in [1.54, 1.807) is 22.8 Å². The van der Waals surface area contributed by atoms with Crippen LogP contribution >= 0.6 is 23.2 Å². The third kappa shape index (κ3) is 3.25. The molecule has 0 unspecified atom stereocenters. The molecular weight excluding hydrogens is 421 g/mol. The number of pyridine rings is 1. The van der Waals surface area contributed by atoms with E-state index in [1.165, 1.54) is 0 Å². The van der Waals surface area contributed by atoms with Crippen LogP contribution in [0.2, 0.25) is 10.0 Å². The molecule has 30 heavy (non-hydrogen) atoms. The summed E-state index contributed by atoms with van der Waals surface area (Å²) >= 11 is 12.6. The zero-order valence-electron chi connectivity index (χ0n) is 16.3. The molecule has 0 aliphatic rings. The maximum absolute atomic E-state index is 11.3. The van der Waals surface area contributed by atoms with E-state index in [0.29, 0.717) is 43.3 Å². The van der Waals surface area contributed by atoms with Gasteiger partial charge in [0.2, 0.25) is 5.88 Å².